The van der Waals surface area contributed by atoms with Crippen LogP contribution in [0.25, 0.3) is 0 Å². The molecule has 0 aliphatic carbocycles. The van der Waals surface area contributed by atoms with E-state index >= 15 is 0 Å². The fourth-order valence-electron chi connectivity index (χ4n) is 2.73. The van der Waals surface area contributed by atoms with E-state index in [9.17, 15) is 9.50 Å². The van der Waals surface area contributed by atoms with E-state index in [0.717, 1.165) is 5.56 Å². The van der Waals surface area contributed by atoms with Crippen molar-refractivity contribution >= 4 is 29.9 Å². The van der Waals surface area contributed by atoms with Crippen LogP contribution in [0.1, 0.15) is 24.2 Å². The second-order valence-corrected chi connectivity index (χ2v) is 6.18. The van der Waals surface area contributed by atoms with Gasteiger partial charge in [-0.1, -0.05) is 12.1 Å². The summed E-state index contributed by atoms with van der Waals surface area (Å²) in [4.78, 5) is 4.54. The maximum Gasteiger partial charge on any atom is 0.203 e. The zero-order valence-electron chi connectivity index (χ0n) is 17.6. The third kappa shape index (κ3) is 7.21. The summed E-state index contributed by atoms with van der Waals surface area (Å²) in [5.74, 6) is 1.84. The van der Waals surface area contributed by atoms with Gasteiger partial charge in [0.1, 0.15) is 5.82 Å². The number of hydrogen-bond donors (Lipinski definition) is 3. The molecule has 0 spiro atoms. The highest BCUT2D eigenvalue weighted by atomic mass is 127. The normalized spacial score (nSPS) is 11.9. The standard InChI is InChI=1S/C21H28FN3O4.HI/c1-5-23-21(25-13-17(26)15-6-8-16(22)9-7-15)24-12-14-10-18(27-2)20(29-4)19(11-14)28-3;/h6-11,17,26H,5,12-13H2,1-4H3,(H2,23,24,25);1H. The summed E-state index contributed by atoms with van der Waals surface area (Å²) in [5.41, 5.74) is 1.50. The van der Waals surface area contributed by atoms with Crippen molar-refractivity contribution < 1.29 is 23.7 Å². The molecule has 0 aliphatic heterocycles. The second-order valence-electron chi connectivity index (χ2n) is 6.18. The molecule has 0 saturated heterocycles. The molecule has 2 aromatic carbocycles. The summed E-state index contributed by atoms with van der Waals surface area (Å²) < 4.78 is 29.1. The van der Waals surface area contributed by atoms with Crippen LogP contribution in [0.3, 0.4) is 0 Å². The molecule has 0 bridgehead atoms. The van der Waals surface area contributed by atoms with Crippen molar-refractivity contribution in [1.82, 2.24) is 10.6 Å². The summed E-state index contributed by atoms with van der Waals surface area (Å²) in [7, 11) is 4.68. The monoisotopic (exact) mass is 533 g/mol. The second kappa shape index (κ2) is 13.1. The Morgan fingerprint density at radius 2 is 1.63 bits per heavy atom. The molecule has 0 saturated carbocycles. The van der Waals surface area contributed by atoms with Crippen molar-refractivity contribution in [2.75, 3.05) is 34.4 Å². The molecule has 7 nitrogen and oxygen atoms in total. The van der Waals surface area contributed by atoms with Crippen LogP contribution in [0, 0.1) is 5.82 Å². The Morgan fingerprint density at radius 3 is 2.13 bits per heavy atom. The van der Waals surface area contributed by atoms with Crippen LogP contribution in [0.2, 0.25) is 0 Å². The van der Waals surface area contributed by atoms with Gasteiger partial charge in [-0.2, -0.15) is 0 Å². The predicted octanol–water partition coefficient (Wildman–Crippen LogP) is 3.26. The first kappa shape index (κ1) is 25.8. The van der Waals surface area contributed by atoms with Gasteiger partial charge in [0.05, 0.1) is 34.0 Å². The topological polar surface area (TPSA) is 84.3 Å². The molecule has 1 atom stereocenters. The molecule has 0 amide bonds. The zero-order valence-corrected chi connectivity index (χ0v) is 19.9. The van der Waals surface area contributed by atoms with Gasteiger partial charge in [0.2, 0.25) is 5.75 Å². The summed E-state index contributed by atoms with van der Waals surface area (Å²) in [6, 6.07) is 9.43. The highest BCUT2D eigenvalue weighted by Crippen LogP contribution is 2.38. The molecule has 166 valence electrons. The number of guanidine groups is 1. The van der Waals surface area contributed by atoms with Gasteiger partial charge in [-0.15, -0.1) is 24.0 Å². The molecule has 1 unspecified atom stereocenters. The van der Waals surface area contributed by atoms with E-state index in [-0.39, 0.29) is 36.3 Å². The number of benzene rings is 2. The SMILES string of the molecule is CCNC(=NCc1cc(OC)c(OC)c(OC)c1)NCC(O)c1ccc(F)cc1.I. The minimum absolute atomic E-state index is 0. The number of methoxy groups -OCH3 is 3. The van der Waals surface area contributed by atoms with Crippen molar-refractivity contribution in [2.45, 2.75) is 19.6 Å². The molecular weight excluding hydrogens is 504 g/mol. The fraction of sp³-hybridized carbons (Fsp3) is 0.381. The Morgan fingerprint density at radius 1 is 1.03 bits per heavy atom. The molecule has 30 heavy (non-hydrogen) atoms. The molecule has 3 N–H and O–H groups in total. The van der Waals surface area contributed by atoms with Crippen molar-refractivity contribution in [2.24, 2.45) is 4.99 Å². The van der Waals surface area contributed by atoms with E-state index in [1.165, 1.54) is 12.1 Å². The van der Waals surface area contributed by atoms with E-state index in [0.29, 0.717) is 41.9 Å². The van der Waals surface area contributed by atoms with Gasteiger partial charge >= 0.3 is 0 Å². The quantitative estimate of drug-likeness (QED) is 0.261. The molecule has 0 radical (unpaired) electrons. The van der Waals surface area contributed by atoms with Crippen LogP contribution in [0.4, 0.5) is 4.39 Å². The Hall–Kier alpha value is -2.27. The van der Waals surface area contributed by atoms with Crippen LogP contribution < -0.4 is 24.8 Å². The number of ether oxygens (including phenoxy) is 3. The van der Waals surface area contributed by atoms with Crippen LogP contribution >= 0.6 is 24.0 Å². The van der Waals surface area contributed by atoms with E-state index in [1.54, 1.807) is 33.5 Å². The van der Waals surface area contributed by atoms with Crippen LogP contribution in [0.15, 0.2) is 41.4 Å². The third-order valence-electron chi connectivity index (χ3n) is 4.21. The number of halogens is 2. The molecule has 0 fully saturated rings. The number of rotatable bonds is 9. The van der Waals surface area contributed by atoms with Gasteiger partial charge in [0, 0.05) is 13.1 Å². The van der Waals surface area contributed by atoms with E-state index in [2.05, 4.69) is 15.6 Å². The van der Waals surface area contributed by atoms with E-state index in [4.69, 9.17) is 14.2 Å². The number of nitrogens with zero attached hydrogens (tertiary/aromatic N) is 1. The first-order chi connectivity index (χ1) is 14.0. The van der Waals surface area contributed by atoms with Gasteiger partial charge in [-0.05, 0) is 42.3 Å². The lowest BCUT2D eigenvalue weighted by Gasteiger charge is -2.16. The van der Waals surface area contributed by atoms with Gasteiger partial charge in [0.25, 0.3) is 0 Å². The maximum absolute atomic E-state index is 13.0. The Balaban J connectivity index is 0.00000450. The van der Waals surface area contributed by atoms with Crippen molar-refractivity contribution in [1.29, 1.82) is 0 Å². The predicted molar refractivity (Wildman–Crippen MR) is 126 cm³/mol. The van der Waals surface area contributed by atoms with Crippen molar-refractivity contribution in [3.05, 3.63) is 53.3 Å². The smallest absolute Gasteiger partial charge is 0.203 e. The average Bonchev–Trinajstić information content (AvgIpc) is 2.74. The van der Waals surface area contributed by atoms with E-state index in [1.807, 2.05) is 19.1 Å². The first-order valence-electron chi connectivity index (χ1n) is 9.26. The minimum Gasteiger partial charge on any atom is -0.493 e. The summed E-state index contributed by atoms with van der Waals surface area (Å²) >= 11 is 0. The lowest BCUT2D eigenvalue weighted by molar-refractivity contribution is 0.180. The van der Waals surface area contributed by atoms with Gasteiger partial charge < -0.3 is 30.0 Å². The summed E-state index contributed by atoms with van der Waals surface area (Å²) in [6.45, 7) is 3.20. The molecule has 2 aromatic rings. The first-order valence-corrected chi connectivity index (χ1v) is 9.26. The Kier molecular flexibility index (Phi) is 11.3. The largest absolute Gasteiger partial charge is 0.493 e. The molecule has 9 heteroatoms. The summed E-state index contributed by atoms with van der Waals surface area (Å²) in [5, 5.41) is 16.5. The molecule has 0 heterocycles. The van der Waals surface area contributed by atoms with Crippen LogP contribution in [0.5, 0.6) is 17.2 Å². The maximum atomic E-state index is 13.0. The van der Waals surface area contributed by atoms with Crippen LogP contribution in [-0.2, 0) is 6.54 Å². The number of nitrogens with one attached hydrogen (secondary N) is 2. The van der Waals surface area contributed by atoms with Crippen molar-refractivity contribution in [3.8, 4) is 17.2 Å². The van der Waals surface area contributed by atoms with Crippen LogP contribution in [-0.4, -0.2) is 45.5 Å². The molecule has 2 rings (SSSR count). The fourth-order valence-corrected chi connectivity index (χ4v) is 2.73. The average molecular weight is 533 g/mol. The minimum atomic E-state index is -0.791. The van der Waals surface area contributed by atoms with Crippen molar-refractivity contribution in [3.63, 3.8) is 0 Å². The highest BCUT2D eigenvalue weighted by molar-refractivity contribution is 14.0. The number of aliphatic hydroxyl groups excluding tert-OH is 1. The van der Waals surface area contributed by atoms with E-state index < -0.39 is 6.10 Å². The number of aliphatic imine (C=N–C) groups is 1. The summed E-state index contributed by atoms with van der Waals surface area (Å²) in [6.07, 6.45) is -0.791. The lowest BCUT2D eigenvalue weighted by atomic mass is 10.1. The molecule has 0 aromatic heterocycles. The van der Waals surface area contributed by atoms with Gasteiger partial charge in [0.15, 0.2) is 17.5 Å². The van der Waals surface area contributed by atoms with Gasteiger partial charge in [-0.3, -0.25) is 0 Å². The molecular formula is C21H29FIN3O4. The number of hydrogen-bond acceptors (Lipinski definition) is 5. The molecule has 0 aliphatic rings. The third-order valence-corrected chi connectivity index (χ3v) is 4.21. The Bertz CT molecular complexity index is 793. The lowest BCUT2D eigenvalue weighted by Crippen LogP contribution is -2.39. The zero-order chi connectivity index (χ0) is 21.2. The van der Waals surface area contributed by atoms with Gasteiger partial charge in [-0.25, -0.2) is 9.38 Å². The number of aliphatic hydroxyl groups is 1. The Labute approximate surface area is 193 Å². The highest BCUT2D eigenvalue weighted by Gasteiger charge is 2.13.